The first-order chi connectivity index (χ1) is 12.7. The molecule has 2 heterocycles. The number of benzene rings is 1. The van der Waals surface area contributed by atoms with Crippen LogP contribution in [-0.4, -0.2) is 73.1 Å². The zero-order chi connectivity index (χ0) is 19.8. The highest BCUT2D eigenvalue weighted by molar-refractivity contribution is 7.89. The molecule has 0 aliphatic carbocycles. The molecule has 2 aliphatic heterocycles. The second-order valence-corrected chi connectivity index (χ2v) is 9.60. The van der Waals surface area contributed by atoms with E-state index in [9.17, 15) is 18.0 Å². The Morgan fingerprint density at radius 1 is 1.11 bits per heavy atom. The fraction of sp³-hybridized carbons (Fsp3) is 0.556. The zero-order valence-corrected chi connectivity index (χ0v) is 17.0. The van der Waals surface area contributed by atoms with Crippen molar-refractivity contribution in [2.75, 3.05) is 32.7 Å². The maximum atomic E-state index is 12.7. The van der Waals surface area contributed by atoms with Gasteiger partial charge in [0.05, 0.1) is 10.8 Å². The third-order valence-corrected chi connectivity index (χ3v) is 7.30. The highest BCUT2D eigenvalue weighted by atomic mass is 35.5. The van der Waals surface area contributed by atoms with Crippen molar-refractivity contribution in [3.05, 3.63) is 29.3 Å². The van der Waals surface area contributed by atoms with Gasteiger partial charge in [0.2, 0.25) is 21.8 Å². The number of halogens is 1. The van der Waals surface area contributed by atoms with Gasteiger partial charge in [-0.3, -0.25) is 9.59 Å². The van der Waals surface area contributed by atoms with Gasteiger partial charge in [0.25, 0.3) is 0 Å². The quantitative estimate of drug-likeness (QED) is 0.748. The molecule has 1 unspecified atom stereocenters. The summed E-state index contributed by atoms with van der Waals surface area (Å²) in [5.41, 5.74) is 0. The van der Waals surface area contributed by atoms with Crippen molar-refractivity contribution in [2.45, 2.75) is 31.2 Å². The number of hydrogen-bond donors (Lipinski definition) is 0. The summed E-state index contributed by atoms with van der Waals surface area (Å²) in [6.07, 6.45) is 0.236. The summed E-state index contributed by atoms with van der Waals surface area (Å²) in [7, 11) is -3.60. The van der Waals surface area contributed by atoms with E-state index < -0.39 is 10.0 Å². The highest BCUT2D eigenvalue weighted by Gasteiger charge is 2.39. The van der Waals surface area contributed by atoms with Gasteiger partial charge < -0.3 is 9.80 Å². The first kappa shape index (κ1) is 20.1. The van der Waals surface area contributed by atoms with E-state index in [1.807, 2.05) is 13.8 Å². The van der Waals surface area contributed by atoms with Gasteiger partial charge in [-0.25, -0.2) is 8.42 Å². The van der Waals surface area contributed by atoms with Crippen molar-refractivity contribution in [3.63, 3.8) is 0 Å². The van der Waals surface area contributed by atoms with Crippen molar-refractivity contribution in [3.8, 4) is 0 Å². The number of likely N-dealkylation sites (tertiary alicyclic amines) is 1. The molecule has 3 rings (SSSR count). The highest BCUT2D eigenvalue weighted by Crippen LogP contribution is 2.24. The molecule has 0 radical (unpaired) electrons. The predicted octanol–water partition coefficient (Wildman–Crippen LogP) is 1.43. The molecule has 7 nitrogen and oxygen atoms in total. The topological polar surface area (TPSA) is 78.0 Å². The van der Waals surface area contributed by atoms with Crippen LogP contribution >= 0.6 is 11.6 Å². The normalized spacial score (nSPS) is 21.9. The van der Waals surface area contributed by atoms with Crippen molar-refractivity contribution in [2.24, 2.45) is 5.92 Å². The van der Waals surface area contributed by atoms with Crippen LogP contribution in [-0.2, 0) is 19.6 Å². The molecule has 0 saturated carbocycles. The average molecular weight is 414 g/mol. The third kappa shape index (κ3) is 4.12. The van der Waals surface area contributed by atoms with E-state index >= 15 is 0 Å². The van der Waals surface area contributed by atoms with Gasteiger partial charge in [0, 0.05) is 50.2 Å². The van der Waals surface area contributed by atoms with E-state index in [0.717, 1.165) is 0 Å². The number of carbonyl (C=O) groups excluding carboxylic acids is 2. The molecule has 1 aromatic rings. The molecular formula is C18H24ClN3O4S. The van der Waals surface area contributed by atoms with Crippen LogP contribution in [0.4, 0.5) is 0 Å². The first-order valence-corrected chi connectivity index (χ1v) is 10.9. The molecule has 1 atom stereocenters. The molecule has 9 heteroatoms. The van der Waals surface area contributed by atoms with Gasteiger partial charge in [-0.15, -0.1) is 0 Å². The molecular weight excluding hydrogens is 390 g/mol. The fourth-order valence-electron chi connectivity index (χ4n) is 3.56. The number of carbonyl (C=O) groups is 2. The molecule has 148 valence electrons. The van der Waals surface area contributed by atoms with Crippen LogP contribution in [0.25, 0.3) is 0 Å². The summed E-state index contributed by atoms with van der Waals surface area (Å²) < 4.78 is 26.8. The van der Waals surface area contributed by atoms with Gasteiger partial charge in [-0.1, -0.05) is 11.6 Å². The number of nitrogens with zero attached hydrogens (tertiary/aromatic N) is 3. The first-order valence-electron chi connectivity index (χ1n) is 9.04. The van der Waals surface area contributed by atoms with Gasteiger partial charge in [0.15, 0.2) is 0 Å². The number of sulfonamides is 1. The maximum Gasteiger partial charge on any atom is 0.243 e. The van der Waals surface area contributed by atoms with E-state index in [1.165, 1.54) is 16.4 Å². The van der Waals surface area contributed by atoms with Crippen LogP contribution in [0.2, 0.25) is 5.02 Å². The monoisotopic (exact) mass is 413 g/mol. The average Bonchev–Trinajstić information content (AvgIpc) is 3.03. The Hall–Kier alpha value is -1.64. The van der Waals surface area contributed by atoms with E-state index in [4.69, 9.17) is 11.6 Å². The lowest BCUT2D eigenvalue weighted by Crippen LogP contribution is -2.52. The summed E-state index contributed by atoms with van der Waals surface area (Å²) in [4.78, 5) is 28.4. The van der Waals surface area contributed by atoms with E-state index in [2.05, 4.69) is 0 Å². The van der Waals surface area contributed by atoms with Crippen molar-refractivity contribution in [1.29, 1.82) is 0 Å². The molecule has 1 aromatic carbocycles. The van der Waals surface area contributed by atoms with Crippen LogP contribution in [0.1, 0.15) is 20.3 Å². The van der Waals surface area contributed by atoms with Crippen LogP contribution in [0, 0.1) is 5.92 Å². The minimum atomic E-state index is -3.60. The van der Waals surface area contributed by atoms with E-state index in [1.54, 1.807) is 21.9 Å². The van der Waals surface area contributed by atoms with Gasteiger partial charge >= 0.3 is 0 Å². The number of piperazine rings is 1. The van der Waals surface area contributed by atoms with Gasteiger partial charge in [-0.05, 0) is 38.1 Å². The molecule has 0 aromatic heterocycles. The summed E-state index contributed by atoms with van der Waals surface area (Å²) in [6, 6.07) is 6.15. The Balaban J connectivity index is 1.61. The molecule has 27 heavy (non-hydrogen) atoms. The van der Waals surface area contributed by atoms with Crippen molar-refractivity contribution in [1.82, 2.24) is 14.1 Å². The molecule has 0 bridgehead atoms. The summed E-state index contributed by atoms with van der Waals surface area (Å²) in [5, 5.41) is 0.478. The van der Waals surface area contributed by atoms with E-state index in [0.29, 0.717) is 24.7 Å². The second-order valence-electron chi connectivity index (χ2n) is 7.22. The summed E-state index contributed by atoms with van der Waals surface area (Å²) in [5.74, 6) is -0.387. The predicted molar refractivity (Wildman–Crippen MR) is 102 cm³/mol. The summed E-state index contributed by atoms with van der Waals surface area (Å²) >= 11 is 5.82. The fourth-order valence-corrected chi connectivity index (χ4v) is 5.11. The smallest absolute Gasteiger partial charge is 0.243 e. The Kier molecular flexibility index (Phi) is 5.79. The molecule has 2 fully saturated rings. The van der Waals surface area contributed by atoms with E-state index in [-0.39, 0.29) is 48.2 Å². The largest absolute Gasteiger partial charge is 0.340 e. The van der Waals surface area contributed by atoms with Crippen LogP contribution in [0.3, 0.4) is 0 Å². The number of rotatable bonds is 4. The third-order valence-electron chi connectivity index (χ3n) is 5.13. The molecule has 2 amide bonds. The standard InChI is InChI=1S/C18H24ClN3O4S/c1-13(2)22-12-14(11-17(22)23)18(24)20-7-9-21(10-8-20)27(25,26)16-5-3-15(19)4-6-16/h3-6,13-14H,7-12H2,1-2H3. The Morgan fingerprint density at radius 3 is 2.22 bits per heavy atom. The van der Waals surface area contributed by atoms with Crippen LogP contribution in [0.15, 0.2) is 29.2 Å². The lowest BCUT2D eigenvalue weighted by atomic mass is 10.1. The van der Waals surface area contributed by atoms with Crippen LogP contribution < -0.4 is 0 Å². The molecule has 0 N–H and O–H groups in total. The molecule has 2 saturated heterocycles. The number of amides is 2. The Labute approximate surface area is 164 Å². The van der Waals surface area contributed by atoms with Crippen molar-refractivity contribution < 1.29 is 18.0 Å². The molecule has 2 aliphatic rings. The Morgan fingerprint density at radius 2 is 1.70 bits per heavy atom. The van der Waals surface area contributed by atoms with Gasteiger partial charge in [-0.2, -0.15) is 4.31 Å². The van der Waals surface area contributed by atoms with Gasteiger partial charge in [0.1, 0.15) is 0 Å². The number of hydrogen-bond acceptors (Lipinski definition) is 4. The minimum Gasteiger partial charge on any atom is -0.340 e. The lowest BCUT2D eigenvalue weighted by molar-refractivity contribution is -0.137. The van der Waals surface area contributed by atoms with Crippen LogP contribution in [0.5, 0.6) is 0 Å². The van der Waals surface area contributed by atoms with Crippen molar-refractivity contribution >= 4 is 33.4 Å². The maximum absolute atomic E-state index is 12.7. The Bertz CT molecular complexity index is 818. The summed E-state index contributed by atoms with van der Waals surface area (Å²) in [6.45, 7) is 5.46. The minimum absolute atomic E-state index is 0.00676. The second kappa shape index (κ2) is 7.77. The zero-order valence-electron chi connectivity index (χ0n) is 15.5. The molecule has 0 spiro atoms. The SMILES string of the molecule is CC(C)N1CC(C(=O)N2CCN(S(=O)(=O)c3ccc(Cl)cc3)CC2)CC1=O. The lowest BCUT2D eigenvalue weighted by Gasteiger charge is -2.35.